The zero-order valence-electron chi connectivity index (χ0n) is 13.0. The number of benzene rings is 2. The van der Waals surface area contributed by atoms with Crippen LogP contribution in [0.1, 0.15) is 10.4 Å². The van der Waals surface area contributed by atoms with E-state index < -0.39 is 0 Å². The van der Waals surface area contributed by atoms with E-state index in [0.717, 1.165) is 28.3 Å². The number of hydrogen-bond donors (Lipinski definition) is 0. The van der Waals surface area contributed by atoms with Gasteiger partial charge in [0.25, 0.3) is 0 Å². The first-order valence-electron chi connectivity index (χ1n) is 7.83. The van der Waals surface area contributed by atoms with E-state index >= 15 is 0 Å². The summed E-state index contributed by atoms with van der Waals surface area (Å²) in [4.78, 5) is 14.7. The molecule has 1 aromatic heterocycles. The smallest absolute Gasteiger partial charge is 0.290 e. The van der Waals surface area contributed by atoms with Gasteiger partial charge >= 0.3 is 5.13 Å². The van der Waals surface area contributed by atoms with E-state index in [1.807, 2.05) is 30.3 Å². The maximum Gasteiger partial charge on any atom is 0.337 e. The van der Waals surface area contributed by atoms with Crippen LogP contribution in [0.5, 0.6) is 0 Å². The summed E-state index contributed by atoms with van der Waals surface area (Å²) in [6.07, 6.45) is 0. The van der Waals surface area contributed by atoms with Gasteiger partial charge in [-0.25, -0.2) is 9.47 Å². The Morgan fingerprint density at radius 2 is 1.88 bits per heavy atom. The molecule has 2 aromatic carbocycles. The number of nitrogens with zero attached hydrogens (tertiary/aromatic N) is 2. The van der Waals surface area contributed by atoms with Crippen molar-refractivity contribution in [2.24, 2.45) is 0 Å². The highest BCUT2D eigenvalue weighted by Crippen LogP contribution is 2.29. The van der Waals surface area contributed by atoms with E-state index in [4.69, 9.17) is 0 Å². The lowest BCUT2D eigenvalue weighted by molar-refractivity contribution is -0.656. The van der Waals surface area contributed by atoms with Crippen molar-refractivity contribution < 1.29 is 9.36 Å². The van der Waals surface area contributed by atoms with E-state index in [9.17, 15) is 4.79 Å². The second-order valence-corrected chi connectivity index (χ2v) is 7.53. The van der Waals surface area contributed by atoms with Gasteiger partial charge in [-0.05, 0) is 24.3 Å². The highest BCUT2D eigenvalue weighted by molar-refractivity contribution is 9.10. The lowest BCUT2D eigenvalue weighted by Crippen LogP contribution is -2.31. The molecule has 5 heteroatoms. The predicted octanol–water partition coefficient (Wildman–Crippen LogP) is 4.17. The minimum absolute atomic E-state index is 0.169. The zero-order chi connectivity index (χ0) is 16.5. The highest BCUT2D eigenvalue weighted by Gasteiger charge is 2.33. The molecule has 3 aromatic rings. The van der Waals surface area contributed by atoms with E-state index in [1.54, 1.807) is 11.3 Å². The van der Waals surface area contributed by atoms with Crippen molar-refractivity contribution in [1.82, 2.24) is 0 Å². The van der Waals surface area contributed by atoms with E-state index in [0.29, 0.717) is 6.54 Å². The summed E-state index contributed by atoms with van der Waals surface area (Å²) in [5, 5.41) is 3.34. The zero-order valence-corrected chi connectivity index (χ0v) is 15.4. The van der Waals surface area contributed by atoms with Gasteiger partial charge in [0.2, 0.25) is 5.78 Å². The van der Waals surface area contributed by atoms with Gasteiger partial charge in [-0.3, -0.25) is 4.79 Å². The Labute approximate surface area is 153 Å². The van der Waals surface area contributed by atoms with Crippen LogP contribution in [0.15, 0.2) is 64.5 Å². The molecule has 0 fully saturated rings. The molecular weight excluding hydrogens is 384 g/mol. The number of rotatable bonds is 4. The fourth-order valence-electron chi connectivity index (χ4n) is 3.00. The molecule has 0 atom stereocenters. The monoisotopic (exact) mass is 399 g/mol. The molecular formula is C19H16BrN2OS+. The number of Topliss-reactive ketones (excluding diaryl/α,β-unsaturated/α-hetero) is 1. The van der Waals surface area contributed by atoms with Crippen LogP contribution in [0.25, 0.3) is 11.3 Å². The molecule has 0 radical (unpaired) electrons. The Morgan fingerprint density at radius 3 is 2.62 bits per heavy atom. The summed E-state index contributed by atoms with van der Waals surface area (Å²) < 4.78 is 3.39. The molecule has 1 aliphatic rings. The fourth-order valence-corrected chi connectivity index (χ4v) is 4.36. The number of fused-ring (bicyclic) bond motifs is 1. The summed E-state index contributed by atoms with van der Waals surface area (Å²) in [5.74, 6) is 0.169. The standard InChI is InChI=1S/C19H16BrN2OS/c20-16-8-6-14(7-9-16)17-13-24-19-21(10-11-22(17)19)12-18(23)15-4-2-1-3-5-15/h1-9,13H,10-12H2/q+1. The van der Waals surface area contributed by atoms with Crippen molar-refractivity contribution >= 4 is 38.2 Å². The summed E-state index contributed by atoms with van der Waals surface area (Å²) in [7, 11) is 0. The second kappa shape index (κ2) is 6.49. The Morgan fingerprint density at radius 1 is 1.12 bits per heavy atom. The molecule has 0 N–H and O–H groups in total. The highest BCUT2D eigenvalue weighted by atomic mass is 79.9. The van der Waals surface area contributed by atoms with Crippen molar-refractivity contribution in [2.45, 2.75) is 6.54 Å². The largest absolute Gasteiger partial charge is 0.337 e. The molecule has 0 amide bonds. The third kappa shape index (κ3) is 2.89. The molecule has 120 valence electrons. The molecule has 0 unspecified atom stereocenters. The topological polar surface area (TPSA) is 24.2 Å². The van der Waals surface area contributed by atoms with Crippen molar-refractivity contribution in [2.75, 3.05) is 18.0 Å². The van der Waals surface area contributed by atoms with Crippen LogP contribution in [0.4, 0.5) is 5.13 Å². The summed E-state index contributed by atoms with van der Waals surface area (Å²) >= 11 is 5.19. The minimum Gasteiger partial charge on any atom is -0.290 e. The number of hydrogen-bond acceptors (Lipinski definition) is 3. The number of anilines is 1. The van der Waals surface area contributed by atoms with Crippen LogP contribution in [0.3, 0.4) is 0 Å². The van der Waals surface area contributed by atoms with Crippen LogP contribution < -0.4 is 9.47 Å². The third-order valence-corrected chi connectivity index (χ3v) is 5.79. The van der Waals surface area contributed by atoms with Gasteiger partial charge in [0.05, 0.1) is 0 Å². The van der Waals surface area contributed by atoms with Crippen LogP contribution in [0, 0.1) is 0 Å². The molecule has 0 spiro atoms. The molecule has 0 saturated carbocycles. The Kier molecular flexibility index (Phi) is 4.21. The van der Waals surface area contributed by atoms with Gasteiger partial charge in [0.1, 0.15) is 25.3 Å². The van der Waals surface area contributed by atoms with E-state index in [2.05, 4.69) is 55.0 Å². The van der Waals surface area contributed by atoms with Crippen LogP contribution >= 0.6 is 27.3 Å². The number of carbonyl (C=O) groups is 1. The fraction of sp³-hybridized carbons (Fsp3) is 0.158. The average molecular weight is 400 g/mol. The van der Waals surface area contributed by atoms with E-state index in [-0.39, 0.29) is 5.78 Å². The molecule has 3 nitrogen and oxygen atoms in total. The molecule has 4 rings (SSSR count). The number of aromatic nitrogens is 1. The first kappa shape index (κ1) is 15.5. The number of thiazole rings is 1. The van der Waals surface area contributed by atoms with Gasteiger partial charge in [-0.2, -0.15) is 0 Å². The Balaban J connectivity index is 1.57. The molecule has 0 aliphatic carbocycles. The number of halogens is 1. The number of ketones is 1. The third-order valence-electron chi connectivity index (χ3n) is 4.23. The Hall–Kier alpha value is -1.98. The molecule has 0 saturated heterocycles. The van der Waals surface area contributed by atoms with Crippen molar-refractivity contribution in [1.29, 1.82) is 0 Å². The second-order valence-electron chi connectivity index (χ2n) is 5.77. The number of carbonyl (C=O) groups excluding carboxylic acids is 1. The van der Waals surface area contributed by atoms with E-state index in [1.165, 1.54) is 11.3 Å². The molecule has 1 aliphatic heterocycles. The molecule has 0 bridgehead atoms. The van der Waals surface area contributed by atoms with Crippen molar-refractivity contribution in [3.05, 3.63) is 70.0 Å². The SMILES string of the molecule is O=C(CN1CC[n+]2c(-c3ccc(Br)cc3)csc21)c1ccccc1. The molecule has 2 heterocycles. The summed E-state index contributed by atoms with van der Waals surface area (Å²) in [5.41, 5.74) is 3.20. The van der Waals surface area contributed by atoms with Gasteiger partial charge in [-0.15, -0.1) is 0 Å². The lowest BCUT2D eigenvalue weighted by Gasteiger charge is -2.07. The van der Waals surface area contributed by atoms with Crippen molar-refractivity contribution in [3.63, 3.8) is 0 Å². The van der Waals surface area contributed by atoms with Gasteiger partial charge in [0.15, 0.2) is 0 Å². The minimum atomic E-state index is 0.169. The normalized spacial score (nSPS) is 13.1. The van der Waals surface area contributed by atoms with Crippen LogP contribution in [-0.4, -0.2) is 18.9 Å². The van der Waals surface area contributed by atoms with Gasteiger partial charge in [0, 0.05) is 21.0 Å². The first-order valence-corrected chi connectivity index (χ1v) is 9.50. The maximum atomic E-state index is 12.5. The summed E-state index contributed by atoms with van der Waals surface area (Å²) in [6.45, 7) is 2.24. The van der Waals surface area contributed by atoms with Gasteiger partial charge < -0.3 is 0 Å². The summed E-state index contributed by atoms with van der Waals surface area (Å²) in [6, 6.07) is 17.9. The molecule has 24 heavy (non-hydrogen) atoms. The van der Waals surface area contributed by atoms with Gasteiger partial charge in [-0.1, -0.05) is 57.6 Å². The average Bonchev–Trinajstić information content (AvgIpc) is 3.20. The predicted molar refractivity (Wildman–Crippen MR) is 101 cm³/mol. The van der Waals surface area contributed by atoms with Crippen LogP contribution in [0.2, 0.25) is 0 Å². The van der Waals surface area contributed by atoms with Crippen molar-refractivity contribution in [3.8, 4) is 11.3 Å². The first-order chi connectivity index (χ1) is 11.7. The maximum absolute atomic E-state index is 12.5. The lowest BCUT2D eigenvalue weighted by atomic mass is 10.1. The van der Waals surface area contributed by atoms with Crippen LogP contribution in [-0.2, 0) is 6.54 Å². The Bertz CT molecular complexity index is 874. The quantitative estimate of drug-likeness (QED) is 0.485.